The van der Waals surface area contributed by atoms with E-state index >= 15 is 0 Å². The molecule has 1 heterocycles. The molecule has 0 radical (unpaired) electrons. The SMILES string of the molecule is NCc1ccc(CNc2ccc3[nH]c(=O)[nH]c3c2)cc1. The first kappa shape index (κ1) is 12.5. The van der Waals surface area contributed by atoms with Crippen LogP contribution in [0.1, 0.15) is 11.1 Å². The number of nitrogens with two attached hydrogens (primary N) is 1. The Morgan fingerprint density at radius 3 is 2.40 bits per heavy atom. The van der Waals surface area contributed by atoms with E-state index in [2.05, 4.69) is 27.4 Å². The molecule has 1 aromatic heterocycles. The van der Waals surface area contributed by atoms with Crippen molar-refractivity contribution >= 4 is 16.7 Å². The molecule has 102 valence electrons. The average Bonchev–Trinajstić information content (AvgIpc) is 2.85. The minimum atomic E-state index is -0.186. The predicted molar refractivity (Wildman–Crippen MR) is 80.6 cm³/mol. The number of aromatic amines is 2. The minimum absolute atomic E-state index is 0.186. The molecule has 0 fully saturated rings. The Kier molecular flexibility index (Phi) is 3.26. The van der Waals surface area contributed by atoms with Crippen LogP contribution in [-0.2, 0) is 13.1 Å². The Bertz CT molecular complexity index is 770. The van der Waals surface area contributed by atoms with Crippen LogP contribution >= 0.6 is 0 Å². The van der Waals surface area contributed by atoms with E-state index in [-0.39, 0.29) is 5.69 Å². The molecule has 0 aliphatic carbocycles. The second kappa shape index (κ2) is 5.22. The predicted octanol–water partition coefficient (Wildman–Crippen LogP) is 1.93. The fraction of sp³-hybridized carbons (Fsp3) is 0.133. The molecule has 0 amide bonds. The van der Waals surface area contributed by atoms with Gasteiger partial charge >= 0.3 is 5.69 Å². The van der Waals surface area contributed by atoms with Crippen LogP contribution in [0.3, 0.4) is 0 Å². The zero-order chi connectivity index (χ0) is 13.9. The molecule has 3 rings (SSSR count). The normalized spacial score (nSPS) is 10.8. The first-order chi connectivity index (χ1) is 9.74. The van der Waals surface area contributed by atoms with Crippen molar-refractivity contribution in [3.8, 4) is 0 Å². The van der Waals surface area contributed by atoms with Crippen LogP contribution in [-0.4, -0.2) is 9.97 Å². The number of benzene rings is 2. The van der Waals surface area contributed by atoms with E-state index in [0.717, 1.165) is 28.8 Å². The average molecular weight is 268 g/mol. The van der Waals surface area contributed by atoms with Gasteiger partial charge in [0.05, 0.1) is 11.0 Å². The number of fused-ring (bicyclic) bond motifs is 1. The molecule has 5 N–H and O–H groups in total. The second-order valence-corrected chi connectivity index (χ2v) is 4.71. The van der Waals surface area contributed by atoms with Crippen molar-refractivity contribution in [1.82, 2.24) is 9.97 Å². The van der Waals surface area contributed by atoms with Gasteiger partial charge in [-0.25, -0.2) is 4.79 Å². The molecule has 0 aliphatic heterocycles. The lowest BCUT2D eigenvalue weighted by atomic mass is 10.1. The molecule has 0 saturated carbocycles. The van der Waals surface area contributed by atoms with Crippen LogP contribution in [0.25, 0.3) is 11.0 Å². The Balaban J connectivity index is 1.73. The highest BCUT2D eigenvalue weighted by Crippen LogP contribution is 2.15. The van der Waals surface area contributed by atoms with Gasteiger partial charge in [0.2, 0.25) is 0 Å². The van der Waals surface area contributed by atoms with Crippen LogP contribution in [0.4, 0.5) is 5.69 Å². The van der Waals surface area contributed by atoms with Gasteiger partial charge in [0.25, 0.3) is 0 Å². The molecule has 0 bridgehead atoms. The van der Waals surface area contributed by atoms with Crippen LogP contribution in [0.2, 0.25) is 0 Å². The van der Waals surface area contributed by atoms with Gasteiger partial charge in [-0.2, -0.15) is 0 Å². The Hall–Kier alpha value is -2.53. The van der Waals surface area contributed by atoms with Crippen molar-refractivity contribution in [1.29, 1.82) is 0 Å². The minimum Gasteiger partial charge on any atom is -0.381 e. The van der Waals surface area contributed by atoms with Crippen molar-refractivity contribution in [2.24, 2.45) is 5.73 Å². The van der Waals surface area contributed by atoms with E-state index in [1.807, 2.05) is 30.3 Å². The summed E-state index contributed by atoms with van der Waals surface area (Å²) in [4.78, 5) is 16.7. The maximum atomic E-state index is 11.2. The molecule has 3 aromatic rings. The lowest BCUT2D eigenvalue weighted by Gasteiger charge is -2.07. The van der Waals surface area contributed by atoms with Crippen molar-refractivity contribution in [2.45, 2.75) is 13.1 Å². The van der Waals surface area contributed by atoms with Gasteiger partial charge in [0.1, 0.15) is 0 Å². The van der Waals surface area contributed by atoms with E-state index in [4.69, 9.17) is 5.73 Å². The highest BCUT2D eigenvalue weighted by atomic mass is 16.1. The molecular formula is C15H16N4O. The zero-order valence-corrected chi connectivity index (χ0v) is 10.9. The molecule has 5 heteroatoms. The number of anilines is 1. The van der Waals surface area contributed by atoms with Gasteiger partial charge in [0, 0.05) is 18.8 Å². The summed E-state index contributed by atoms with van der Waals surface area (Å²) in [6.07, 6.45) is 0. The van der Waals surface area contributed by atoms with E-state index in [0.29, 0.717) is 6.54 Å². The molecule has 0 atom stereocenters. The third-order valence-corrected chi connectivity index (χ3v) is 3.27. The number of H-pyrrole nitrogens is 2. The zero-order valence-electron chi connectivity index (χ0n) is 10.9. The monoisotopic (exact) mass is 268 g/mol. The number of hydrogen-bond donors (Lipinski definition) is 4. The Labute approximate surface area is 115 Å². The van der Waals surface area contributed by atoms with Crippen LogP contribution in [0, 0.1) is 0 Å². The van der Waals surface area contributed by atoms with Gasteiger partial charge in [-0.15, -0.1) is 0 Å². The van der Waals surface area contributed by atoms with E-state index in [9.17, 15) is 4.79 Å². The summed E-state index contributed by atoms with van der Waals surface area (Å²) < 4.78 is 0. The van der Waals surface area contributed by atoms with Gasteiger partial charge in [-0.1, -0.05) is 24.3 Å². The largest absolute Gasteiger partial charge is 0.381 e. The van der Waals surface area contributed by atoms with Crippen molar-refractivity contribution in [3.63, 3.8) is 0 Å². The number of imidazole rings is 1. The number of hydrogen-bond acceptors (Lipinski definition) is 3. The van der Waals surface area contributed by atoms with E-state index < -0.39 is 0 Å². The molecule has 20 heavy (non-hydrogen) atoms. The summed E-state index contributed by atoms with van der Waals surface area (Å²) in [6.45, 7) is 1.29. The van der Waals surface area contributed by atoms with Crippen molar-refractivity contribution < 1.29 is 0 Å². The molecule has 5 nitrogen and oxygen atoms in total. The van der Waals surface area contributed by atoms with Crippen LogP contribution in [0.15, 0.2) is 47.3 Å². The molecule has 0 unspecified atom stereocenters. The van der Waals surface area contributed by atoms with E-state index in [1.165, 1.54) is 5.56 Å². The first-order valence-electron chi connectivity index (χ1n) is 6.48. The van der Waals surface area contributed by atoms with Gasteiger partial charge in [-0.3, -0.25) is 0 Å². The Morgan fingerprint density at radius 2 is 1.65 bits per heavy atom. The lowest BCUT2D eigenvalue weighted by molar-refractivity contribution is 1.06. The van der Waals surface area contributed by atoms with E-state index in [1.54, 1.807) is 0 Å². The molecule has 2 aromatic carbocycles. The Morgan fingerprint density at radius 1 is 0.950 bits per heavy atom. The van der Waals surface area contributed by atoms with Crippen molar-refractivity contribution in [3.05, 3.63) is 64.1 Å². The molecule has 0 spiro atoms. The lowest BCUT2D eigenvalue weighted by Crippen LogP contribution is -2.01. The first-order valence-corrected chi connectivity index (χ1v) is 6.48. The molecule has 0 aliphatic rings. The fourth-order valence-corrected chi connectivity index (χ4v) is 2.14. The third-order valence-electron chi connectivity index (χ3n) is 3.27. The summed E-state index contributed by atoms with van der Waals surface area (Å²) in [5.74, 6) is 0. The van der Waals surface area contributed by atoms with Crippen LogP contribution < -0.4 is 16.7 Å². The fourth-order valence-electron chi connectivity index (χ4n) is 2.14. The number of rotatable bonds is 4. The number of aromatic nitrogens is 2. The topological polar surface area (TPSA) is 86.7 Å². The van der Waals surface area contributed by atoms with Gasteiger partial charge < -0.3 is 21.0 Å². The third kappa shape index (κ3) is 2.57. The quantitative estimate of drug-likeness (QED) is 0.583. The summed E-state index contributed by atoms with van der Waals surface area (Å²) in [6, 6.07) is 13.9. The van der Waals surface area contributed by atoms with Crippen molar-refractivity contribution in [2.75, 3.05) is 5.32 Å². The summed E-state index contributed by atoms with van der Waals surface area (Å²) in [5.41, 5.74) is 10.3. The number of nitrogens with one attached hydrogen (secondary N) is 3. The maximum Gasteiger partial charge on any atom is 0.323 e. The van der Waals surface area contributed by atoms with Crippen LogP contribution in [0.5, 0.6) is 0 Å². The highest BCUT2D eigenvalue weighted by Gasteiger charge is 2.00. The second-order valence-electron chi connectivity index (χ2n) is 4.71. The maximum absolute atomic E-state index is 11.2. The highest BCUT2D eigenvalue weighted by molar-refractivity contribution is 5.78. The summed E-state index contributed by atoms with van der Waals surface area (Å²) >= 11 is 0. The molecular weight excluding hydrogens is 252 g/mol. The smallest absolute Gasteiger partial charge is 0.323 e. The summed E-state index contributed by atoms with van der Waals surface area (Å²) in [7, 11) is 0. The summed E-state index contributed by atoms with van der Waals surface area (Å²) in [5, 5.41) is 3.33. The standard InChI is InChI=1S/C15H16N4O/c16-8-10-1-3-11(4-2-10)9-17-12-5-6-13-14(7-12)19-15(20)18-13/h1-7,17H,8-9,16H2,(H2,18,19,20). The molecule has 0 saturated heterocycles. The van der Waals surface area contributed by atoms with Gasteiger partial charge in [-0.05, 0) is 29.3 Å². The van der Waals surface area contributed by atoms with Gasteiger partial charge in [0.15, 0.2) is 0 Å².